The van der Waals surface area contributed by atoms with Gasteiger partial charge in [0.25, 0.3) is 10.0 Å². The third-order valence-electron chi connectivity index (χ3n) is 6.24. The number of carbonyl (C=O) groups is 2. The summed E-state index contributed by atoms with van der Waals surface area (Å²) in [6, 6.07) is 16.4. The second-order valence-electron chi connectivity index (χ2n) is 8.61. The van der Waals surface area contributed by atoms with Crippen molar-refractivity contribution in [3.63, 3.8) is 0 Å². The Morgan fingerprint density at radius 2 is 1.54 bits per heavy atom. The first-order chi connectivity index (χ1) is 17.6. The third kappa shape index (κ3) is 5.60. The lowest BCUT2D eigenvalue weighted by molar-refractivity contribution is -0.139. The molecule has 2 N–H and O–H groups in total. The van der Waals surface area contributed by atoms with E-state index in [2.05, 4.69) is 10.0 Å². The Bertz CT molecular complexity index is 1470. The zero-order valence-electron chi connectivity index (χ0n) is 20.1. The summed E-state index contributed by atoms with van der Waals surface area (Å²) in [6.45, 7) is 0.282. The Balaban J connectivity index is 1.71. The molecule has 2 amide bonds. The van der Waals surface area contributed by atoms with E-state index in [0.29, 0.717) is 12.8 Å². The molecule has 4 rings (SSSR count). The molecule has 12 heteroatoms. The van der Waals surface area contributed by atoms with Gasteiger partial charge in [-0.15, -0.1) is 0 Å². The fourth-order valence-corrected chi connectivity index (χ4v) is 7.03. The first-order valence-electron chi connectivity index (χ1n) is 11.7. The van der Waals surface area contributed by atoms with E-state index < -0.39 is 38.0 Å². The van der Waals surface area contributed by atoms with Gasteiger partial charge in [0.1, 0.15) is 12.1 Å². The van der Waals surface area contributed by atoms with Crippen LogP contribution >= 0.6 is 0 Å². The number of sulfonamides is 1. The highest BCUT2D eigenvalue weighted by molar-refractivity contribution is 7.90. The van der Waals surface area contributed by atoms with Gasteiger partial charge in [0.15, 0.2) is 0 Å². The summed E-state index contributed by atoms with van der Waals surface area (Å²) in [5.41, 5.74) is 0.216. The second kappa shape index (κ2) is 10.9. The number of benzene rings is 2. The second-order valence-corrected chi connectivity index (χ2v) is 12.1. The molecule has 1 fully saturated rings. The van der Waals surface area contributed by atoms with Gasteiger partial charge < -0.3 is 10.2 Å². The van der Waals surface area contributed by atoms with Gasteiger partial charge in [0.05, 0.1) is 9.79 Å². The minimum atomic E-state index is -4.14. The molecule has 2 aromatic carbocycles. The molecule has 0 radical (unpaired) electrons. The van der Waals surface area contributed by atoms with Gasteiger partial charge in [-0.25, -0.2) is 20.8 Å². The first-order valence-corrected chi connectivity index (χ1v) is 14.6. The Morgan fingerprint density at radius 3 is 2.16 bits per heavy atom. The summed E-state index contributed by atoms with van der Waals surface area (Å²) < 4.78 is 56.4. The van der Waals surface area contributed by atoms with Crippen molar-refractivity contribution in [1.29, 1.82) is 0 Å². The van der Waals surface area contributed by atoms with Crippen molar-refractivity contribution in [2.75, 3.05) is 13.6 Å². The largest absolute Gasteiger partial charge is 0.357 e. The van der Waals surface area contributed by atoms with Crippen LogP contribution in [0.4, 0.5) is 0 Å². The van der Waals surface area contributed by atoms with Crippen molar-refractivity contribution < 1.29 is 26.4 Å². The summed E-state index contributed by atoms with van der Waals surface area (Å²) >= 11 is 0. The number of likely N-dealkylation sites (tertiary alicyclic amines) is 1. The van der Waals surface area contributed by atoms with E-state index in [0.717, 1.165) is 3.97 Å². The number of aromatic nitrogens is 1. The Morgan fingerprint density at radius 1 is 0.919 bits per heavy atom. The molecule has 196 valence electrons. The average molecular weight is 545 g/mol. The van der Waals surface area contributed by atoms with Gasteiger partial charge in [-0.2, -0.15) is 4.72 Å². The normalized spacial score (nSPS) is 16.9. The fraction of sp³-hybridized carbons (Fsp3) is 0.280. The number of nitrogens with zero attached hydrogens (tertiary/aromatic N) is 2. The maximum absolute atomic E-state index is 13.7. The van der Waals surface area contributed by atoms with E-state index in [4.69, 9.17) is 0 Å². The van der Waals surface area contributed by atoms with Crippen molar-refractivity contribution in [1.82, 2.24) is 18.9 Å². The van der Waals surface area contributed by atoms with Crippen molar-refractivity contribution in [3.05, 3.63) is 84.7 Å². The Kier molecular flexibility index (Phi) is 7.81. The van der Waals surface area contributed by atoms with Crippen LogP contribution in [0.15, 0.2) is 88.8 Å². The highest BCUT2D eigenvalue weighted by Gasteiger charge is 2.39. The van der Waals surface area contributed by atoms with E-state index in [1.54, 1.807) is 36.4 Å². The highest BCUT2D eigenvalue weighted by atomic mass is 32.2. The molecule has 1 saturated heterocycles. The van der Waals surface area contributed by atoms with Crippen LogP contribution in [-0.2, 0) is 36.1 Å². The van der Waals surface area contributed by atoms with Crippen LogP contribution in [-0.4, -0.2) is 63.2 Å². The molecular formula is C25H28N4O6S2. The third-order valence-corrected chi connectivity index (χ3v) is 9.47. The molecule has 1 aliphatic rings. The molecule has 3 aromatic rings. The van der Waals surface area contributed by atoms with Gasteiger partial charge in [0, 0.05) is 31.9 Å². The van der Waals surface area contributed by atoms with E-state index in [-0.39, 0.29) is 34.4 Å². The van der Waals surface area contributed by atoms with Crippen molar-refractivity contribution in [2.24, 2.45) is 0 Å². The van der Waals surface area contributed by atoms with Crippen LogP contribution in [0.3, 0.4) is 0 Å². The topological polar surface area (TPSA) is 135 Å². The maximum Gasteiger partial charge on any atom is 0.267 e. The number of amides is 2. The summed E-state index contributed by atoms with van der Waals surface area (Å²) in [4.78, 5) is 27.5. The van der Waals surface area contributed by atoms with Gasteiger partial charge in [-0.3, -0.25) is 9.59 Å². The minimum Gasteiger partial charge on any atom is -0.357 e. The van der Waals surface area contributed by atoms with Crippen molar-refractivity contribution in [3.8, 4) is 0 Å². The van der Waals surface area contributed by atoms with Gasteiger partial charge in [-0.05, 0) is 49.2 Å². The van der Waals surface area contributed by atoms with Crippen LogP contribution in [0.5, 0.6) is 0 Å². The molecule has 1 aromatic heterocycles. The van der Waals surface area contributed by atoms with Crippen LogP contribution < -0.4 is 10.0 Å². The Hall–Kier alpha value is -3.48. The molecule has 2 heterocycles. The molecular weight excluding hydrogens is 516 g/mol. The van der Waals surface area contributed by atoms with Gasteiger partial charge in [0.2, 0.25) is 21.8 Å². The number of carbonyl (C=O) groups excluding carboxylic acids is 2. The van der Waals surface area contributed by atoms with E-state index in [1.165, 1.54) is 54.5 Å². The number of rotatable bonds is 9. The number of likely N-dealkylation sites (N-methyl/N-ethyl adjacent to an activating group) is 1. The van der Waals surface area contributed by atoms with Crippen LogP contribution in [0.25, 0.3) is 0 Å². The summed E-state index contributed by atoms with van der Waals surface area (Å²) in [7, 11) is -6.66. The SMILES string of the molecule is CNC(=O)[C@@H]1CCCN1C(=O)[C@H](Cc1cccn1S(=O)(=O)c1ccccc1)NS(=O)(=O)c1ccccc1. The predicted octanol–water partition coefficient (Wildman–Crippen LogP) is 1.35. The van der Waals surface area contributed by atoms with Gasteiger partial charge >= 0.3 is 0 Å². The zero-order chi connectivity index (χ0) is 26.6. The summed E-state index contributed by atoms with van der Waals surface area (Å²) in [5.74, 6) is -0.944. The molecule has 1 aliphatic heterocycles. The van der Waals surface area contributed by atoms with Crippen LogP contribution in [0.2, 0.25) is 0 Å². The lowest BCUT2D eigenvalue weighted by Gasteiger charge is -2.28. The summed E-state index contributed by atoms with van der Waals surface area (Å²) in [5, 5.41) is 2.54. The fourth-order valence-electron chi connectivity index (χ4n) is 4.41. The maximum atomic E-state index is 13.7. The van der Waals surface area contributed by atoms with Crippen molar-refractivity contribution >= 4 is 31.9 Å². The van der Waals surface area contributed by atoms with Crippen LogP contribution in [0, 0.1) is 0 Å². The van der Waals surface area contributed by atoms with E-state index >= 15 is 0 Å². The molecule has 2 atom stereocenters. The number of hydrogen-bond acceptors (Lipinski definition) is 6. The molecule has 10 nitrogen and oxygen atoms in total. The number of hydrogen-bond donors (Lipinski definition) is 2. The zero-order valence-corrected chi connectivity index (χ0v) is 21.8. The molecule has 37 heavy (non-hydrogen) atoms. The first kappa shape index (κ1) is 26.6. The standard InChI is InChI=1S/C25H28N4O6S2/c1-26-24(30)23-15-9-16-28(23)25(31)22(27-36(32,33)20-11-4-2-5-12-20)18-19-10-8-17-29(19)37(34,35)21-13-6-3-7-14-21/h2-8,10-14,17,22-23,27H,9,15-16,18H2,1H3,(H,26,30)/t22-,23-/m0/s1. The summed E-state index contributed by atoms with van der Waals surface area (Å²) in [6.07, 6.45) is 2.14. The highest BCUT2D eigenvalue weighted by Crippen LogP contribution is 2.22. The number of nitrogens with one attached hydrogen (secondary N) is 2. The minimum absolute atomic E-state index is 0.0376. The molecule has 0 unspecified atom stereocenters. The molecule has 0 spiro atoms. The molecule has 0 aliphatic carbocycles. The lowest BCUT2D eigenvalue weighted by atomic mass is 10.1. The lowest BCUT2D eigenvalue weighted by Crippen LogP contribution is -2.54. The van der Waals surface area contributed by atoms with Gasteiger partial charge in [-0.1, -0.05) is 36.4 Å². The van der Waals surface area contributed by atoms with Crippen LogP contribution in [0.1, 0.15) is 18.5 Å². The quantitative estimate of drug-likeness (QED) is 0.418. The van der Waals surface area contributed by atoms with E-state index in [1.807, 2.05) is 0 Å². The average Bonchev–Trinajstić information content (AvgIpc) is 3.59. The van der Waals surface area contributed by atoms with Crippen molar-refractivity contribution in [2.45, 2.75) is 41.1 Å². The molecule has 0 bridgehead atoms. The van der Waals surface area contributed by atoms with E-state index in [9.17, 15) is 26.4 Å². The Labute approximate surface area is 216 Å². The predicted molar refractivity (Wildman–Crippen MR) is 137 cm³/mol. The molecule has 0 saturated carbocycles. The smallest absolute Gasteiger partial charge is 0.267 e. The monoisotopic (exact) mass is 544 g/mol.